The van der Waals surface area contributed by atoms with Gasteiger partial charge in [0, 0.05) is 25.0 Å². The molecule has 0 atom stereocenters. The van der Waals surface area contributed by atoms with Gasteiger partial charge in [0.05, 0.1) is 0 Å². The molecule has 0 aliphatic carbocycles. The highest BCUT2D eigenvalue weighted by Crippen LogP contribution is 2.07. The summed E-state index contributed by atoms with van der Waals surface area (Å²) in [7, 11) is 1.81. The van der Waals surface area contributed by atoms with Gasteiger partial charge in [-0.2, -0.15) is 11.8 Å². The molecule has 2 N–H and O–H groups in total. The second-order valence-corrected chi connectivity index (χ2v) is 5.62. The summed E-state index contributed by atoms with van der Waals surface area (Å²) in [5.41, 5.74) is 0. The van der Waals surface area contributed by atoms with Crippen molar-refractivity contribution in [2.45, 2.75) is 12.8 Å². The van der Waals surface area contributed by atoms with Gasteiger partial charge in [-0.25, -0.2) is 0 Å². The van der Waals surface area contributed by atoms with Crippen LogP contribution in [-0.4, -0.2) is 38.1 Å². The molecule has 5 heteroatoms. The maximum atomic E-state index is 4.20. The van der Waals surface area contributed by atoms with Gasteiger partial charge in [0.25, 0.3) is 0 Å². The van der Waals surface area contributed by atoms with Crippen molar-refractivity contribution in [2.24, 2.45) is 4.99 Å². The summed E-state index contributed by atoms with van der Waals surface area (Å²) in [5.74, 6) is 2.10. The number of nitrogens with one attached hydrogen (secondary N) is 2. The van der Waals surface area contributed by atoms with E-state index in [4.69, 9.17) is 0 Å². The van der Waals surface area contributed by atoms with Gasteiger partial charge >= 0.3 is 0 Å². The topological polar surface area (TPSA) is 36.4 Å². The molecule has 0 aliphatic heterocycles. The van der Waals surface area contributed by atoms with Crippen molar-refractivity contribution >= 4 is 29.1 Å². The zero-order valence-corrected chi connectivity index (χ0v) is 12.2. The summed E-state index contributed by atoms with van der Waals surface area (Å²) < 4.78 is 0. The van der Waals surface area contributed by atoms with Gasteiger partial charge in [0.1, 0.15) is 0 Å². The van der Waals surface area contributed by atoms with Gasteiger partial charge in [-0.05, 0) is 36.3 Å². The molecule has 1 aromatic rings. The molecule has 0 saturated carbocycles. The predicted octanol–water partition coefficient (Wildman–Crippen LogP) is 2.21. The molecule has 3 nitrogen and oxygen atoms in total. The third kappa shape index (κ3) is 6.58. The standard InChI is InChI=1S/C12H21N3S2/c1-13-12(14-7-4-9-16-2)15-8-6-11-5-3-10-17-11/h3,5,10H,4,6-9H2,1-2H3,(H2,13,14,15). The second kappa shape index (κ2) is 9.36. The summed E-state index contributed by atoms with van der Waals surface area (Å²) in [6.45, 7) is 1.92. The Labute approximate surface area is 112 Å². The van der Waals surface area contributed by atoms with Crippen molar-refractivity contribution in [3.05, 3.63) is 22.4 Å². The Kier molecular flexibility index (Phi) is 7.92. The van der Waals surface area contributed by atoms with E-state index in [-0.39, 0.29) is 0 Å². The fraction of sp³-hybridized carbons (Fsp3) is 0.583. The van der Waals surface area contributed by atoms with Gasteiger partial charge in [0.2, 0.25) is 0 Å². The van der Waals surface area contributed by atoms with E-state index in [0.717, 1.165) is 25.5 Å². The first-order chi connectivity index (χ1) is 8.36. The second-order valence-electron chi connectivity index (χ2n) is 3.60. The van der Waals surface area contributed by atoms with Crippen molar-refractivity contribution in [1.82, 2.24) is 10.6 Å². The van der Waals surface area contributed by atoms with E-state index in [1.54, 1.807) is 11.3 Å². The number of hydrogen-bond acceptors (Lipinski definition) is 3. The number of hydrogen-bond donors (Lipinski definition) is 2. The molecule has 0 fully saturated rings. The van der Waals surface area contributed by atoms with Crippen LogP contribution in [0, 0.1) is 0 Å². The molecule has 0 spiro atoms. The molecule has 0 radical (unpaired) electrons. The first kappa shape index (κ1) is 14.4. The lowest BCUT2D eigenvalue weighted by Crippen LogP contribution is -2.38. The van der Waals surface area contributed by atoms with Crippen LogP contribution in [0.1, 0.15) is 11.3 Å². The first-order valence-electron chi connectivity index (χ1n) is 5.82. The summed E-state index contributed by atoms with van der Waals surface area (Å²) in [6.07, 6.45) is 4.37. The van der Waals surface area contributed by atoms with Gasteiger partial charge in [-0.1, -0.05) is 6.07 Å². The Bertz CT molecular complexity index is 310. The van der Waals surface area contributed by atoms with Crippen molar-refractivity contribution in [2.75, 3.05) is 32.1 Å². The summed E-state index contributed by atoms with van der Waals surface area (Å²) in [5, 5.41) is 8.75. The van der Waals surface area contributed by atoms with Crippen molar-refractivity contribution in [3.63, 3.8) is 0 Å². The molecule has 96 valence electrons. The SMILES string of the molecule is CN=C(NCCCSC)NCCc1cccs1. The average Bonchev–Trinajstić information content (AvgIpc) is 2.85. The lowest BCUT2D eigenvalue weighted by molar-refractivity contribution is 0.780. The van der Waals surface area contributed by atoms with Crippen LogP contribution < -0.4 is 10.6 Å². The quantitative estimate of drug-likeness (QED) is 0.453. The van der Waals surface area contributed by atoms with E-state index >= 15 is 0 Å². The lowest BCUT2D eigenvalue weighted by Gasteiger charge is -2.10. The van der Waals surface area contributed by atoms with Crippen LogP contribution in [0.15, 0.2) is 22.5 Å². The number of thioether (sulfide) groups is 1. The monoisotopic (exact) mass is 271 g/mol. The maximum Gasteiger partial charge on any atom is 0.190 e. The summed E-state index contributed by atoms with van der Waals surface area (Å²) in [6, 6.07) is 4.26. The summed E-state index contributed by atoms with van der Waals surface area (Å²) >= 11 is 3.68. The molecule has 17 heavy (non-hydrogen) atoms. The highest BCUT2D eigenvalue weighted by atomic mass is 32.2. The first-order valence-corrected chi connectivity index (χ1v) is 8.10. The minimum absolute atomic E-state index is 0.905. The lowest BCUT2D eigenvalue weighted by atomic mass is 10.3. The molecular formula is C12H21N3S2. The Hall–Kier alpha value is -0.680. The fourth-order valence-corrected chi connectivity index (χ4v) is 2.54. The number of rotatable bonds is 7. The third-order valence-corrected chi connectivity index (χ3v) is 3.92. The molecular weight excluding hydrogens is 250 g/mol. The minimum atomic E-state index is 0.905. The van der Waals surface area contributed by atoms with Gasteiger partial charge < -0.3 is 10.6 Å². The van der Waals surface area contributed by atoms with Crippen molar-refractivity contribution in [1.29, 1.82) is 0 Å². The molecule has 0 saturated heterocycles. The highest BCUT2D eigenvalue weighted by Gasteiger charge is 1.97. The molecule has 0 amide bonds. The molecule has 0 aromatic carbocycles. The van der Waals surface area contributed by atoms with Crippen LogP contribution in [0.4, 0.5) is 0 Å². The Balaban J connectivity index is 2.10. The number of aliphatic imine (C=N–C) groups is 1. The van der Waals surface area contributed by atoms with E-state index in [2.05, 4.69) is 39.4 Å². The maximum absolute atomic E-state index is 4.20. The largest absolute Gasteiger partial charge is 0.356 e. The van der Waals surface area contributed by atoms with Crippen LogP contribution in [0.5, 0.6) is 0 Å². The van der Waals surface area contributed by atoms with Gasteiger partial charge in [0.15, 0.2) is 5.96 Å². The Morgan fingerprint density at radius 2 is 2.24 bits per heavy atom. The van der Waals surface area contributed by atoms with Gasteiger partial charge in [-0.15, -0.1) is 11.3 Å². The van der Waals surface area contributed by atoms with Crippen LogP contribution in [0.25, 0.3) is 0 Å². The fourth-order valence-electron chi connectivity index (χ4n) is 1.40. The Morgan fingerprint density at radius 3 is 2.88 bits per heavy atom. The average molecular weight is 271 g/mol. The normalized spacial score (nSPS) is 11.5. The molecule has 0 aliphatic rings. The molecule has 0 unspecified atom stereocenters. The van der Waals surface area contributed by atoms with Crippen molar-refractivity contribution < 1.29 is 0 Å². The zero-order chi connectivity index (χ0) is 12.3. The van der Waals surface area contributed by atoms with Crippen LogP contribution >= 0.6 is 23.1 Å². The third-order valence-electron chi connectivity index (χ3n) is 2.29. The minimum Gasteiger partial charge on any atom is -0.356 e. The van der Waals surface area contributed by atoms with Crippen LogP contribution in [0.2, 0.25) is 0 Å². The number of nitrogens with zero attached hydrogens (tertiary/aromatic N) is 1. The van der Waals surface area contributed by atoms with Gasteiger partial charge in [-0.3, -0.25) is 4.99 Å². The highest BCUT2D eigenvalue weighted by molar-refractivity contribution is 7.98. The van der Waals surface area contributed by atoms with Crippen LogP contribution in [0.3, 0.4) is 0 Å². The van der Waals surface area contributed by atoms with E-state index < -0.39 is 0 Å². The zero-order valence-electron chi connectivity index (χ0n) is 10.5. The Morgan fingerprint density at radius 1 is 1.41 bits per heavy atom. The van der Waals surface area contributed by atoms with Crippen LogP contribution in [-0.2, 0) is 6.42 Å². The molecule has 0 bridgehead atoms. The number of guanidine groups is 1. The summed E-state index contributed by atoms with van der Waals surface area (Å²) in [4.78, 5) is 5.61. The van der Waals surface area contributed by atoms with Crippen molar-refractivity contribution in [3.8, 4) is 0 Å². The molecule has 1 aromatic heterocycles. The van der Waals surface area contributed by atoms with E-state index in [1.807, 2.05) is 18.8 Å². The number of thiophene rings is 1. The smallest absolute Gasteiger partial charge is 0.190 e. The van der Waals surface area contributed by atoms with E-state index in [1.165, 1.54) is 17.1 Å². The predicted molar refractivity (Wildman–Crippen MR) is 80.4 cm³/mol. The van der Waals surface area contributed by atoms with E-state index in [9.17, 15) is 0 Å². The molecule has 1 rings (SSSR count). The van der Waals surface area contributed by atoms with E-state index in [0.29, 0.717) is 0 Å². The molecule has 1 heterocycles.